The lowest BCUT2D eigenvalue weighted by Gasteiger charge is -2.34. The van der Waals surface area contributed by atoms with Gasteiger partial charge >= 0.3 is 18.2 Å². The molecule has 1 aliphatic heterocycles. The minimum atomic E-state index is -4.49. The van der Waals surface area contributed by atoms with E-state index in [1.807, 2.05) is 5.32 Å². The third-order valence-corrected chi connectivity index (χ3v) is 4.34. The maximum absolute atomic E-state index is 12.7. The maximum Gasteiger partial charge on any atom is 0.411 e. The molecule has 0 aromatic heterocycles. The summed E-state index contributed by atoms with van der Waals surface area (Å²) in [6.07, 6.45) is -4.79. The van der Waals surface area contributed by atoms with Gasteiger partial charge in [0.25, 0.3) is 0 Å². The minimum absolute atomic E-state index is 0.140. The van der Waals surface area contributed by atoms with E-state index in [-0.39, 0.29) is 25.1 Å². The Morgan fingerprint density at radius 2 is 2.00 bits per heavy atom. The largest absolute Gasteiger partial charge is 0.480 e. The van der Waals surface area contributed by atoms with Crippen molar-refractivity contribution in [3.8, 4) is 0 Å². The van der Waals surface area contributed by atoms with Crippen molar-refractivity contribution in [2.75, 3.05) is 18.1 Å². The molecule has 0 bridgehead atoms. The van der Waals surface area contributed by atoms with E-state index in [1.165, 1.54) is 11.8 Å². The van der Waals surface area contributed by atoms with Crippen LogP contribution >= 0.6 is 11.8 Å². The predicted octanol–water partition coefficient (Wildman–Crippen LogP) is 1.29. The molecular weight excluding hydrogens is 285 g/mol. The monoisotopic (exact) mass is 298 g/mol. The number of amides is 2. The Bertz CT molecular complexity index is 398. The van der Waals surface area contributed by atoms with Gasteiger partial charge in [0.2, 0.25) is 0 Å². The lowest BCUT2D eigenvalue weighted by molar-refractivity contribution is -0.163. The average Bonchev–Trinajstić information content (AvgIpc) is 3.09. The summed E-state index contributed by atoms with van der Waals surface area (Å²) in [4.78, 5) is 23.8. The molecule has 1 atom stereocenters. The fourth-order valence-corrected chi connectivity index (χ4v) is 2.97. The number of nitrogens with zero attached hydrogens (tertiary/aromatic N) is 1. The number of urea groups is 1. The first kappa shape index (κ1) is 14.3. The third kappa shape index (κ3) is 2.75. The van der Waals surface area contributed by atoms with Crippen LogP contribution in [-0.2, 0) is 4.79 Å². The summed E-state index contributed by atoms with van der Waals surface area (Å²) in [5.41, 5.74) is -2.16. The zero-order valence-corrected chi connectivity index (χ0v) is 10.7. The summed E-state index contributed by atoms with van der Waals surface area (Å²) >= 11 is 1.37. The number of aliphatic carboxylic acids is 1. The van der Waals surface area contributed by atoms with Crippen molar-refractivity contribution >= 4 is 23.8 Å². The summed E-state index contributed by atoms with van der Waals surface area (Å²) in [5, 5.41) is 10.9. The number of halogens is 3. The van der Waals surface area contributed by atoms with Crippen molar-refractivity contribution in [2.24, 2.45) is 0 Å². The Labute approximate surface area is 111 Å². The van der Waals surface area contributed by atoms with E-state index in [4.69, 9.17) is 5.11 Å². The Morgan fingerprint density at radius 1 is 1.37 bits per heavy atom. The number of hydrogen-bond acceptors (Lipinski definition) is 3. The van der Waals surface area contributed by atoms with Crippen LogP contribution in [0.2, 0.25) is 0 Å². The van der Waals surface area contributed by atoms with E-state index in [2.05, 4.69) is 0 Å². The number of carbonyl (C=O) groups is 2. The molecular formula is C10H13F3N2O3S. The van der Waals surface area contributed by atoms with Crippen LogP contribution in [0.4, 0.5) is 18.0 Å². The van der Waals surface area contributed by atoms with Gasteiger partial charge in [0.15, 0.2) is 0 Å². The fraction of sp³-hybridized carbons (Fsp3) is 0.800. The first-order chi connectivity index (χ1) is 8.77. The van der Waals surface area contributed by atoms with Crippen LogP contribution in [0.1, 0.15) is 12.8 Å². The van der Waals surface area contributed by atoms with E-state index in [9.17, 15) is 22.8 Å². The Kier molecular flexibility index (Phi) is 3.59. The molecule has 1 unspecified atom stereocenters. The molecule has 0 aromatic rings. The van der Waals surface area contributed by atoms with Crippen molar-refractivity contribution in [2.45, 2.75) is 30.6 Å². The second-order valence-corrected chi connectivity index (χ2v) is 5.78. The standard InChI is InChI=1S/C10H13F3N2O3S/c11-10(12,13)9(1-2-9)14-8(18)15-3-4-19-5-6(15)7(16)17/h6H,1-5H2,(H,14,18)(H,16,17). The molecule has 0 spiro atoms. The normalized spacial score (nSPS) is 25.8. The second-order valence-electron chi connectivity index (χ2n) is 4.63. The number of carboxylic acids is 1. The van der Waals surface area contributed by atoms with Crippen LogP contribution in [0.5, 0.6) is 0 Å². The highest BCUT2D eigenvalue weighted by atomic mass is 32.2. The molecule has 2 fully saturated rings. The summed E-state index contributed by atoms with van der Waals surface area (Å²) < 4.78 is 38.2. The number of rotatable bonds is 2. The van der Waals surface area contributed by atoms with Crippen LogP contribution in [-0.4, -0.2) is 57.8 Å². The highest BCUT2D eigenvalue weighted by Gasteiger charge is 2.64. The van der Waals surface area contributed by atoms with Crippen LogP contribution < -0.4 is 5.32 Å². The summed E-state index contributed by atoms with van der Waals surface area (Å²) in [5.74, 6) is -0.475. The highest BCUT2D eigenvalue weighted by molar-refractivity contribution is 7.99. The van der Waals surface area contributed by atoms with Crippen molar-refractivity contribution < 1.29 is 27.9 Å². The quantitative estimate of drug-likeness (QED) is 0.806. The van der Waals surface area contributed by atoms with E-state index in [0.717, 1.165) is 4.90 Å². The van der Waals surface area contributed by atoms with Crippen LogP contribution in [0, 0.1) is 0 Å². The molecule has 2 rings (SSSR count). The zero-order chi connectivity index (χ0) is 14.3. The molecule has 1 saturated heterocycles. The number of carbonyl (C=O) groups excluding carboxylic acids is 1. The molecule has 0 radical (unpaired) electrons. The maximum atomic E-state index is 12.7. The molecule has 0 aromatic carbocycles. The number of hydrogen-bond donors (Lipinski definition) is 2. The molecule has 2 N–H and O–H groups in total. The Balaban J connectivity index is 2.05. The molecule has 1 heterocycles. The Morgan fingerprint density at radius 3 is 2.47 bits per heavy atom. The molecule has 108 valence electrons. The summed E-state index contributed by atoms with van der Waals surface area (Å²) in [6, 6.07) is -2.01. The van der Waals surface area contributed by atoms with Crippen LogP contribution in [0.25, 0.3) is 0 Å². The predicted molar refractivity (Wildman–Crippen MR) is 62.0 cm³/mol. The van der Waals surface area contributed by atoms with Gasteiger partial charge in [0.1, 0.15) is 11.6 Å². The van der Waals surface area contributed by atoms with E-state index >= 15 is 0 Å². The molecule has 1 aliphatic carbocycles. The molecule has 1 saturated carbocycles. The lowest BCUT2D eigenvalue weighted by Crippen LogP contribution is -2.58. The number of thioether (sulfide) groups is 1. The molecule has 2 amide bonds. The van der Waals surface area contributed by atoms with Gasteiger partial charge in [-0.2, -0.15) is 24.9 Å². The van der Waals surface area contributed by atoms with Crippen LogP contribution in [0.3, 0.4) is 0 Å². The van der Waals surface area contributed by atoms with Gasteiger partial charge in [-0.25, -0.2) is 9.59 Å². The van der Waals surface area contributed by atoms with Gasteiger partial charge in [-0.15, -0.1) is 0 Å². The lowest BCUT2D eigenvalue weighted by atomic mass is 10.2. The van der Waals surface area contributed by atoms with Crippen molar-refractivity contribution in [3.63, 3.8) is 0 Å². The van der Waals surface area contributed by atoms with Gasteiger partial charge in [0.05, 0.1) is 0 Å². The van der Waals surface area contributed by atoms with Gasteiger partial charge in [-0.05, 0) is 12.8 Å². The molecule has 9 heteroatoms. The SMILES string of the molecule is O=C(O)C1CSCCN1C(=O)NC1(C(F)(F)F)CC1. The summed E-state index contributed by atoms with van der Waals surface area (Å²) in [7, 11) is 0. The van der Waals surface area contributed by atoms with Crippen molar-refractivity contribution in [1.29, 1.82) is 0 Å². The first-order valence-electron chi connectivity index (χ1n) is 5.73. The number of carboxylic acid groups (broad SMARTS) is 1. The minimum Gasteiger partial charge on any atom is -0.480 e. The molecule has 5 nitrogen and oxygen atoms in total. The van der Waals surface area contributed by atoms with Crippen molar-refractivity contribution in [1.82, 2.24) is 10.2 Å². The van der Waals surface area contributed by atoms with E-state index in [0.29, 0.717) is 5.75 Å². The highest BCUT2D eigenvalue weighted by Crippen LogP contribution is 2.49. The van der Waals surface area contributed by atoms with E-state index < -0.39 is 29.8 Å². The Hall–Kier alpha value is -1.12. The van der Waals surface area contributed by atoms with Gasteiger partial charge < -0.3 is 15.3 Å². The van der Waals surface area contributed by atoms with Gasteiger partial charge in [-0.1, -0.05) is 0 Å². The molecule has 2 aliphatic rings. The average molecular weight is 298 g/mol. The van der Waals surface area contributed by atoms with Crippen LogP contribution in [0.15, 0.2) is 0 Å². The smallest absolute Gasteiger partial charge is 0.411 e. The summed E-state index contributed by atoms with van der Waals surface area (Å²) in [6.45, 7) is 0.140. The topological polar surface area (TPSA) is 69.6 Å². The molecule has 19 heavy (non-hydrogen) atoms. The number of alkyl halides is 3. The van der Waals surface area contributed by atoms with Crippen molar-refractivity contribution in [3.05, 3.63) is 0 Å². The zero-order valence-electron chi connectivity index (χ0n) is 9.87. The second kappa shape index (κ2) is 4.77. The van der Waals surface area contributed by atoms with E-state index in [1.54, 1.807) is 0 Å². The first-order valence-corrected chi connectivity index (χ1v) is 6.88. The third-order valence-electron chi connectivity index (χ3n) is 3.31. The van der Waals surface area contributed by atoms with Gasteiger partial charge in [-0.3, -0.25) is 0 Å². The number of nitrogens with one attached hydrogen (secondary N) is 1. The van der Waals surface area contributed by atoms with Gasteiger partial charge in [0, 0.05) is 18.1 Å². The fourth-order valence-electron chi connectivity index (χ4n) is 1.93.